The third-order valence-corrected chi connectivity index (χ3v) is 2.01. The second-order valence-corrected chi connectivity index (χ2v) is 3.19. The summed E-state index contributed by atoms with van der Waals surface area (Å²) in [5, 5.41) is 19.5. The van der Waals surface area contributed by atoms with Crippen molar-refractivity contribution in [3.05, 3.63) is 40.2 Å². The van der Waals surface area contributed by atoms with Gasteiger partial charge >= 0.3 is 6.18 Å². The lowest BCUT2D eigenvalue weighted by molar-refractivity contribution is -0.384. The standard InChI is InChI=1S/C8H4F3N5O2/c9-8(10,11)7-12-13-14-15(7)5-2-1-3-6(4-5)16(17)18/h1-4H. The number of halogens is 3. The maximum absolute atomic E-state index is 12.5. The average molecular weight is 259 g/mol. The fourth-order valence-electron chi connectivity index (χ4n) is 1.28. The lowest BCUT2D eigenvalue weighted by Gasteiger charge is -2.06. The van der Waals surface area contributed by atoms with Gasteiger partial charge in [-0.1, -0.05) is 6.07 Å². The van der Waals surface area contributed by atoms with Crippen LogP contribution in [0.4, 0.5) is 18.9 Å². The Morgan fingerprint density at radius 1 is 1.33 bits per heavy atom. The minimum Gasteiger partial charge on any atom is -0.258 e. The molecule has 7 nitrogen and oxygen atoms in total. The first-order chi connectivity index (χ1) is 8.39. The van der Waals surface area contributed by atoms with Gasteiger partial charge in [-0.2, -0.15) is 17.9 Å². The van der Waals surface area contributed by atoms with E-state index in [0.717, 1.165) is 12.1 Å². The highest BCUT2D eigenvalue weighted by Crippen LogP contribution is 2.28. The molecule has 1 heterocycles. The second kappa shape index (κ2) is 4.05. The molecule has 1 aromatic heterocycles. The van der Waals surface area contributed by atoms with Gasteiger partial charge in [0.1, 0.15) is 0 Å². The largest absolute Gasteiger partial charge is 0.453 e. The van der Waals surface area contributed by atoms with Crippen LogP contribution in [0.25, 0.3) is 5.69 Å². The van der Waals surface area contributed by atoms with E-state index in [9.17, 15) is 23.3 Å². The van der Waals surface area contributed by atoms with E-state index in [1.807, 2.05) is 0 Å². The molecule has 2 rings (SSSR count). The Kier molecular flexibility index (Phi) is 2.69. The third-order valence-electron chi connectivity index (χ3n) is 2.01. The second-order valence-electron chi connectivity index (χ2n) is 3.19. The number of aromatic nitrogens is 4. The van der Waals surface area contributed by atoms with E-state index in [4.69, 9.17) is 0 Å². The van der Waals surface area contributed by atoms with Crippen molar-refractivity contribution < 1.29 is 18.1 Å². The molecule has 0 spiro atoms. The molecule has 0 saturated heterocycles. The molecule has 0 aliphatic rings. The number of nitrogens with zero attached hydrogens (tertiary/aromatic N) is 5. The Bertz CT molecular complexity index is 594. The molecule has 0 aliphatic carbocycles. The molecule has 0 unspecified atom stereocenters. The lowest BCUT2D eigenvalue weighted by Crippen LogP contribution is -2.14. The molecule has 1 aromatic carbocycles. The summed E-state index contributed by atoms with van der Waals surface area (Å²) >= 11 is 0. The van der Waals surface area contributed by atoms with E-state index in [1.165, 1.54) is 12.1 Å². The van der Waals surface area contributed by atoms with Gasteiger partial charge in [0.15, 0.2) is 0 Å². The molecule has 0 saturated carbocycles. The minimum atomic E-state index is -4.74. The van der Waals surface area contributed by atoms with Gasteiger partial charge in [-0.3, -0.25) is 10.1 Å². The fraction of sp³-hybridized carbons (Fsp3) is 0.125. The quantitative estimate of drug-likeness (QED) is 0.603. The molecule has 0 aliphatic heterocycles. The Balaban J connectivity index is 2.53. The van der Waals surface area contributed by atoms with Gasteiger partial charge in [0.05, 0.1) is 10.6 Å². The zero-order chi connectivity index (χ0) is 13.3. The van der Waals surface area contributed by atoms with Crippen LogP contribution < -0.4 is 0 Å². The van der Waals surface area contributed by atoms with Crippen LogP contribution in [0, 0.1) is 10.1 Å². The van der Waals surface area contributed by atoms with Crippen LogP contribution in [-0.2, 0) is 6.18 Å². The van der Waals surface area contributed by atoms with Crippen LogP contribution in [0.3, 0.4) is 0 Å². The number of tetrazole rings is 1. The SMILES string of the molecule is O=[N+]([O-])c1cccc(-n2nnnc2C(F)(F)F)c1. The molecule has 0 atom stereocenters. The summed E-state index contributed by atoms with van der Waals surface area (Å²) in [4.78, 5) is 9.81. The van der Waals surface area contributed by atoms with Crippen LogP contribution in [0.1, 0.15) is 5.82 Å². The van der Waals surface area contributed by atoms with Crippen molar-refractivity contribution in [1.82, 2.24) is 20.2 Å². The number of rotatable bonds is 2. The normalized spacial score (nSPS) is 11.5. The Morgan fingerprint density at radius 3 is 2.67 bits per heavy atom. The molecule has 10 heteroatoms. The molecule has 94 valence electrons. The van der Waals surface area contributed by atoms with Crippen LogP contribution in [-0.4, -0.2) is 25.1 Å². The summed E-state index contributed by atoms with van der Waals surface area (Å²) in [5.41, 5.74) is -0.488. The molecule has 0 N–H and O–H groups in total. The Morgan fingerprint density at radius 2 is 2.06 bits per heavy atom. The first kappa shape index (κ1) is 12.0. The molecular formula is C8H4F3N5O2. The number of alkyl halides is 3. The zero-order valence-corrected chi connectivity index (χ0v) is 8.50. The van der Waals surface area contributed by atoms with E-state index >= 15 is 0 Å². The molecule has 0 radical (unpaired) electrons. The number of nitro groups is 1. The van der Waals surface area contributed by atoms with Crippen molar-refractivity contribution >= 4 is 5.69 Å². The van der Waals surface area contributed by atoms with E-state index in [2.05, 4.69) is 15.5 Å². The van der Waals surface area contributed by atoms with Crippen LogP contribution in [0.5, 0.6) is 0 Å². The first-order valence-electron chi connectivity index (χ1n) is 4.50. The third kappa shape index (κ3) is 2.12. The van der Waals surface area contributed by atoms with Crippen LogP contribution in [0.15, 0.2) is 24.3 Å². The summed E-state index contributed by atoms with van der Waals surface area (Å²) in [7, 11) is 0. The molecule has 0 bridgehead atoms. The van der Waals surface area contributed by atoms with E-state index < -0.39 is 16.9 Å². The number of non-ortho nitro benzene ring substituents is 1. The van der Waals surface area contributed by atoms with Crippen molar-refractivity contribution in [3.8, 4) is 5.69 Å². The van der Waals surface area contributed by atoms with Crippen molar-refractivity contribution in [2.24, 2.45) is 0 Å². The Hall–Kier alpha value is -2.52. The maximum Gasteiger partial charge on any atom is 0.453 e. The van der Waals surface area contributed by atoms with Gasteiger partial charge in [0.25, 0.3) is 11.5 Å². The topological polar surface area (TPSA) is 86.7 Å². The summed E-state index contributed by atoms with van der Waals surface area (Å²) in [6, 6.07) is 4.58. The lowest BCUT2D eigenvalue weighted by atomic mass is 10.3. The Labute approximate surface area is 97.0 Å². The van der Waals surface area contributed by atoms with E-state index in [0.29, 0.717) is 4.68 Å². The van der Waals surface area contributed by atoms with Gasteiger partial charge < -0.3 is 0 Å². The number of hydrogen-bond acceptors (Lipinski definition) is 5. The minimum absolute atomic E-state index is 0.137. The highest BCUT2D eigenvalue weighted by molar-refractivity contribution is 5.42. The van der Waals surface area contributed by atoms with Crippen LogP contribution in [0.2, 0.25) is 0 Å². The smallest absolute Gasteiger partial charge is 0.258 e. The summed E-state index contributed by atoms with van der Waals surface area (Å²) < 4.78 is 38.0. The van der Waals surface area contributed by atoms with Gasteiger partial charge in [0.2, 0.25) is 0 Å². The molecule has 18 heavy (non-hydrogen) atoms. The number of nitro benzene ring substituents is 1. The van der Waals surface area contributed by atoms with Gasteiger partial charge in [-0.05, 0) is 16.5 Å². The summed E-state index contributed by atoms with van der Waals surface area (Å²) in [6.07, 6.45) is -4.74. The molecule has 2 aromatic rings. The number of benzene rings is 1. The fourth-order valence-corrected chi connectivity index (χ4v) is 1.28. The number of hydrogen-bond donors (Lipinski definition) is 0. The average Bonchev–Trinajstić information content (AvgIpc) is 2.77. The monoisotopic (exact) mass is 259 g/mol. The van der Waals surface area contributed by atoms with Crippen molar-refractivity contribution in [2.45, 2.75) is 6.18 Å². The summed E-state index contributed by atoms with van der Waals surface area (Å²) in [6.45, 7) is 0. The predicted octanol–water partition coefficient (Wildman–Crippen LogP) is 1.59. The summed E-state index contributed by atoms with van der Waals surface area (Å²) in [5.74, 6) is -1.34. The van der Waals surface area contributed by atoms with Crippen molar-refractivity contribution in [2.75, 3.05) is 0 Å². The van der Waals surface area contributed by atoms with E-state index in [-0.39, 0.29) is 11.4 Å². The maximum atomic E-state index is 12.5. The van der Waals surface area contributed by atoms with Gasteiger partial charge in [0, 0.05) is 12.1 Å². The van der Waals surface area contributed by atoms with Crippen molar-refractivity contribution in [1.29, 1.82) is 0 Å². The first-order valence-corrected chi connectivity index (χ1v) is 4.50. The predicted molar refractivity (Wildman–Crippen MR) is 50.8 cm³/mol. The molecule has 0 fully saturated rings. The highest BCUT2D eigenvalue weighted by Gasteiger charge is 2.38. The molecular weight excluding hydrogens is 255 g/mol. The van der Waals surface area contributed by atoms with E-state index in [1.54, 1.807) is 0 Å². The van der Waals surface area contributed by atoms with Gasteiger partial charge in [-0.25, -0.2) is 0 Å². The van der Waals surface area contributed by atoms with Crippen molar-refractivity contribution in [3.63, 3.8) is 0 Å². The zero-order valence-electron chi connectivity index (χ0n) is 8.50. The van der Waals surface area contributed by atoms with Gasteiger partial charge in [-0.15, -0.1) is 5.10 Å². The highest BCUT2D eigenvalue weighted by atomic mass is 19.4. The van der Waals surface area contributed by atoms with Crippen LogP contribution >= 0.6 is 0 Å². The molecule has 0 amide bonds.